The third kappa shape index (κ3) is 3.58. The Morgan fingerprint density at radius 3 is 2.57 bits per heavy atom. The molecule has 0 aliphatic rings. The molecule has 1 aromatic heterocycles. The number of benzene rings is 1. The molecule has 116 valence electrons. The molecule has 4 heteroatoms. The molecule has 21 heavy (non-hydrogen) atoms. The second-order valence-electron chi connectivity index (χ2n) is 6.87. The van der Waals surface area contributed by atoms with E-state index in [4.69, 9.17) is 22.3 Å². The van der Waals surface area contributed by atoms with Crippen LogP contribution in [-0.2, 0) is 13.5 Å². The predicted molar refractivity (Wildman–Crippen MR) is 90.7 cm³/mol. The summed E-state index contributed by atoms with van der Waals surface area (Å²) in [5.41, 5.74) is 8.05. The van der Waals surface area contributed by atoms with Crippen LogP contribution in [-0.4, -0.2) is 16.1 Å². The first-order valence-electron chi connectivity index (χ1n) is 7.64. The number of hydrogen-bond donors (Lipinski definition) is 1. The number of rotatable bonds is 5. The lowest BCUT2D eigenvalue weighted by atomic mass is 9.76. The summed E-state index contributed by atoms with van der Waals surface area (Å²) in [4.78, 5) is 4.73. The van der Waals surface area contributed by atoms with Gasteiger partial charge >= 0.3 is 0 Å². The van der Waals surface area contributed by atoms with Crippen molar-refractivity contribution < 1.29 is 0 Å². The van der Waals surface area contributed by atoms with Crippen molar-refractivity contribution in [1.82, 2.24) is 9.55 Å². The van der Waals surface area contributed by atoms with Crippen LogP contribution < -0.4 is 5.73 Å². The molecule has 0 aliphatic carbocycles. The van der Waals surface area contributed by atoms with Crippen LogP contribution in [0.1, 0.15) is 39.4 Å². The maximum absolute atomic E-state index is 6.28. The van der Waals surface area contributed by atoms with E-state index < -0.39 is 0 Å². The summed E-state index contributed by atoms with van der Waals surface area (Å²) in [6, 6.07) is 5.89. The van der Waals surface area contributed by atoms with Gasteiger partial charge in [-0.15, -0.1) is 0 Å². The molecule has 1 aromatic carbocycles. The Kier molecular flexibility index (Phi) is 4.95. The summed E-state index contributed by atoms with van der Waals surface area (Å²) in [5.74, 6) is 1.71. The van der Waals surface area contributed by atoms with Gasteiger partial charge in [0.05, 0.1) is 16.1 Å². The van der Waals surface area contributed by atoms with Crippen molar-refractivity contribution in [3.05, 3.63) is 29.0 Å². The van der Waals surface area contributed by atoms with Crippen LogP contribution in [0.3, 0.4) is 0 Å². The largest absolute Gasteiger partial charge is 0.330 e. The minimum absolute atomic E-state index is 0.279. The van der Waals surface area contributed by atoms with Gasteiger partial charge in [0.25, 0.3) is 0 Å². The van der Waals surface area contributed by atoms with Crippen LogP contribution in [0.15, 0.2) is 18.2 Å². The molecule has 0 saturated carbocycles. The van der Waals surface area contributed by atoms with Crippen molar-refractivity contribution in [3.8, 4) is 0 Å². The number of aromatic nitrogens is 2. The van der Waals surface area contributed by atoms with E-state index in [0.29, 0.717) is 5.92 Å². The summed E-state index contributed by atoms with van der Waals surface area (Å²) in [6.07, 6.45) is 3.13. The maximum Gasteiger partial charge on any atom is 0.109 e. The first kappa shape index (κ1) is 16.3. The topological polar surface area (TPSA) is 43.8 Å². The number of fused-ring (bicyclic) bond motifs is 1. The Hall–Kier alpha value is -1.06. The van der Waals surface area contributed by atoms with E-state index in [9.17, 15) is 0 Å². The fraction of sp³-hybridized carbons (Fsp3) is 0.588. The van der Waals surface area contributed by atoms with Crippen molar-refractivity contribution in [1.29, 1.82) is 0 Å². The summed E-state index contributed by atoms with van der Waals surface area (Å²) in [6.45, 7) is 7.62. The lowest BCUT2D eigenvalue weighted by molar-refractivity contribution is 0.213. The summed E-state index contributed by atoms with van der Waals surface area (Å²) < 4.78 is 2.12. The highest BCUT2D eigenvalue weighted by Gasteiger charge is 2.24. The van der Waals surface area contributed by atoms with Crippen LogP contribution in [0.2, 0.25) is 5.02 Å². The van der Waals surface area contributed by atoms with Gasteiger partial charge in [0.15, 0.2) is 0 Å². The Labute approximate surface area is 132 Å². The number of nitrogens with zero attached hydrogens (tertiary/aromatic N) is 2. The van der Waals surface area contributed by atoms with Crippen molar-refractivity contribution in [2.75, 3.05) is 6.54 Å². The zero-order valence-electron chi connectivity index (χ0n) is 13.5. The summed E-state index contributed by atoms with van der Waals surface area (Å²) >= 11 is 6.28. The van der Waals surface area contributed by atoms with Crippen LogP contribution >= 0.6 is 11.6 Å². The molecule has 2 rings (SSSR count). The monoisotopic (exact) mass is 307 g/mol. The molecule has 0 radical (unpaired) electrons. The number of hydrogen-bond acceptors (Lipinski definition) is 2. The van der Waals surface area contributed by atoms with E-state index in [1.807, 2.05) is 25.2 Å². The molecular formula is C17H26ClN3. The molecule has 0 saturated heterocycles. The number of imidazole rings is 1. The average Bonchev–Trinajstić information content (AvgIpc) is 2.71. The molecular weight excluding hydrogens is 282 g/mol. The third-order valence-electron chi connectivity index (χ3n) is 4.39. The van der Waals surface area contributed by atoms with E-state index in [1.165, 1.54) is 0 Å². The van der Waals surface area contributed by atoms with Gasteiger partial charge in [-0.05, 0) is 42.9 Å². The van der Waals surface area contributed by atoms with Crippen molar-refractivity contribution in [2.24, 2.45) is 24.1 Å². The number of halogens is 1. The molecule has 0 fully saturated rings. The molecule has 1 atom stereocenters. The maximum atomic E-state index is 6.28. The van der Waals surface area contributed by atoms with Crippen LogP contribution in [0.5, 0.6) is 0 Å². The van der Waals surface area contributed by atoms with Gasteiger partial charge in [0, 0.05) is 13.5 Å². The van der Waals surface area contributed by atoms with E-state index in [-0.39, 0.29) is 5.41 Å². The first-order valence-corrected chi connectivity index (χ1v) is 8.02. The van der Waals surface area contributed by atoms with Crippen LogP contribution in [0.25, 0.3) is 11.0 Å². The minimum Gasteiger partial charge on any atom is -0.330 e. The quantitative estimate of drug-likeness (QED) is 0.901. The zero-order valence-corrected chi connectivity index (χ0v) is 14.2. The summed E-state index contributed by atoms with van der Waals surface area (Å²) in [7, 11) is 2.05. The highest BCUT2D eigenvalue weighted by atomic mass is 35.5. The average molecular weight is 308 g/mol. The number of aryl methyl sites for hydroxylation is 2. The van der Waals surface area contributed by atoms with Gasteiger partial charge in [-0.2, -0.15) is 0 Å². The molecule has 1 heterocycles. The molecule has 3 nitrogen and oxygen atoms in total. The van der Waals surface area contributed by atoms with Crippen LogP contribution in [0, 0.1) is 11.3 Å². The Morgan fingerprint density at radius 2 is 2.00 bits per heavy atom. The standard InChI is InChI=1S/C17H26ClN3/c1-17(2,3)12(10-11-19)8-9-15-20-14-7-5-6-13(18)16(14)21(15)4/h5-7,12H,8-11,19H2,1-4H3. The molecule has 0 bridgehead atoms. The van der Waals surface area contributed by atoms with Gasteiger partial charge in [-0.3, -0.25) is 0 Å². The molecule has 0 aliphatic heterocycles. The van der Waals surface area contributed by atoms with E-state index >= 15 is 0 Å². The first-order chi connectivity index (χ1) is 9.84. The molecule has 2 aromatic rings. The zero-order chi connectivity index (χ0) is 15.6. The highest BCUT2D eigenvalue weighted by molar-refractivity contribution is 6.35. The molecule has 0 spiro atoms. The predicted octanol–water partition coefficient (Wildman–Crippen LogP) is 4.17. The van der Waals surface area contributed by atoms with Crippen molar-refractivity contribution in [2.45, 2.75) is 40.0 Å². The van der Waals surface area contributed by atoms with Gasteiger partial charge < -0.3 is 10.3 Å². The molecule has 2 N–H and O–H groups in total. The molecule has 1 unspecified atom stereocenters. The van der Waals surface area contributed by atoms with Gasteiger partial charge in [-0.25, -0.2) is 4.98 Å². The SMILES string of the molecule is Cn1c(CCC(CCN)C(C)(C)C)nc2cccc(Cl)c21. The second kappa shape index (κ2) is 6.37. The number of para-hydroxylation sites is 1. The van der Waals surface area contributed by atoms with E-state index in [0.717, 1.165) is 47.7 Å². The third-order valence-corrected chi connectivity index (χ3v) is 4.70. The minimum atomic E-state index is 0.279. The number of nitrogens with two attached hydrogens (primary N) is 1. The van der Waals surface area contributed by atoms with Crippen molar-refractivity contribution >= 4 is 22.6 Å². The highest BCUT2D eigenvalue weighted by Crippen LogP contribution is 2.32. The Morgan fingerprint density at radius 1 is 1.29 bits per heavy atom. The fourth-order valence-corrected chi connectivity index (χ4v) is 3.30. The van der Waals surface area contributed by atoms with Crippen molar-refractivity contribution in [3.63, 3.8) is 0 Å². The lowest BCUT2D eigenvalue weighted by Gasteiger charge is -2.30. The van der Waals surface area contributed by atoms with Gasteiger partial charge in [-0.1, -0.05) is 38.4 Å². The smallest absolute Gasteiger partial charge is 0.109 e. The Bertz CT molecular complexity index is 610. The second-order valence-corrected chi connectivity index (χ2v) is 7.28. The fourth-order valence-electron chi connectivity index (χ4n) is 3.01. The van der Waals surface area contributed by atoms with Crippen LogP contribution in [0.4, 0.5) is 0 Å². The van der Waals surface area contributed by atoms with Gasteiger partial charge in [0.2, 0.25) is 0 Å². The molecule has 0 amide bonds. The normalized spacial score (nSPS) is 13.8. The van der Waals surface area contributed by atoms with E-state index in [2.05, 4.69) is 25.3 Å². The lowest BCUT2D eigenvalue weighted by Crippen LogP contribution is -2.24. The van der Waals surface area contributed by atoms with E-state index in [1.54, 1.807) is 0 Å². The summed E-state index contributed by atoms with van der Waals surface area (Å²) in [5, 5.41) is 0.767. The van der Waals surface area contributed by atoms with Gasteiger partial charge in [0.1, 0.15) is 5.82 Å². The Balaban J connectivity index is 2.20.